The first-order chi connectivity index (χ1) is 11.5. The molecule has 3 atom stereocenters. The van der Waals surface area contributed by atoms with Gasteiger partial charge in [0.1, 0.15) is 17.3 Å². The molecule has 5 heteroatoms. The number of aromatic hydroxyl groups is 2. The number of esters is 1. The summed E-state index contributed by atoms with van der Waals surface area (Å²) in [5.74, 6) is -0.216. The van der Waals surface area contributed by atoms with Crippen molar-refractivity contribution in [2.24, 2.45) is 17.3 Å². The minimum Gasteiger partial charge on any atom is -0.508 e. The van der Waals surface area contributed by atoms with Gasteiger partial charge in [0.15, 0.2) is 0 Å². The summed E-state index contributed by atoms with van der Waals surface area (Å²) < 4.78 is 4.81. The molecule has 25 heavy (non-hydrogen) atoms. The molecule has 2 bridgehead atoms. The van der Waals surface area contributed by atoms with E-state index < -0.39 is 11.4 Å². The minimum absolute atomic E-state index is 0.0640. The molecule has 0 aliphatic heterocycles. The van der Waals surface area contributed by atoms with Gasteiger partial charge in [-0.1, -0.05) is 13.8 Å². The SMILES string of the molecule is COC(=O)C(C)(C)c1cc(O)c([C@@H]2CC(=O)[C@H]3C[C@H]2C3(C)C)c(O)c1. The van der Waals surface area contributed by atoms with E-state index in [2.05, 4.69) is 13.8 Å². The summed E-state index contributed by atoms with van der Waals surface area (Å²) in [5, 5.41) is 21.2. The number of ketones is 1. The van der Waals surface area contributed by atoms with Crippen molar-refractivity contribution in [3.63, 3.8) is 0 Å². The molecule has 136 valence electrons. The van der Waals surface area contributed by atoms with Gasteiger partial charge >= 0.3 is 5.97 Å². The number of phenolic OH excluding ortho intramolecular Hbond substituents is 2. The number of carbonyl (C=O) groups excluding carboxylic acids is 2. The Morgan fingerprint density at radius 2 is 1.80 bits per heavy atom. The summed E-state index contributed by atoms with van der Waals surface area (Å²) in [4.78, 5) is 24.4. The van der Waals surface area contributed by atoms with Gasteiger partial charge in [0, 0.05) is 23.8 Å². The predicted octanol–water partition coefficient (Wildman–Crippen LogP) is 3.27. The number of ether oxygens (including phenoxy) is 1. The molecule has 3 aliphatic rings. The first-order valence-corrected chi connectivity index (χ1v) is 8.69. The summed E-state index contributed by atoms with van der Waals surface area (Å²) >= 11 is 0. The molecule has 1 aromatic rings. The summed E-state index contributed by atoms with van der Waals surface area (Å²) in [6.45, 7) is 7.52. The molecule has 1 aromatic carbocycles. The van der Waals surface area contributed by atoms with E-state index in [1.807, 2.05) is 0 Å². The molecule has 3 saturated carbocycles. The van der Waals surface area contributed by atoms with Crippen molar-refractivity contribution < 1.29 is 24.5 Å². The molecule has 0 amide bonds. The predicted molar refractivity (Wildman–Crippen MR) is 92.6 cm³/mol. The lowest BCUT2D eigenvalue weighted by molar-refractivity contribution is -0.151. The molecule has 0 heterocycles. The highest BCUT2D eigenvalue weighted by Crippen LogP contribution is 2.64. The van der Waals surface area contributed by atoms with Crippen molar-refractivity contribution in [1.82, 2.24) is 0 Å². The maximum atomic E-state index is 12.4. The average Bonchev–Trinajstić information content (AvgIpc) is 2.52. The first kappa shape index (κ1) is 17.8. The standard InChI is InChI=1S/C20H26O5/c1-19(2,18(24)25-5)10-6-15(22)17(16(23)7-10)11-8-14(21)13-9-12(11)20(13,3)4/h6-7,11-13,22-23H,8-9H2,1-5H3/t11-,12-,13-/m1/s1. The highest BCUT2D eigenvalue weighted by molar-refractivity contribution is 5.86. The Hall–Kier alpha value is -2.04. The summed E-state index contributed by atoms with van der Waals surface area (Å²) in [7, 11) is 1.31. The van der Waals surface area contributed by atoms with Gasteiger partial charge in [-0.25, -0.2) is 0 Å². The number of benzene rings is 1. The maximum absolute atomic E-state index is 12.4. The van der Waals surface area contributed by atoms with E-state index in [0.29, 0.717) is 17.5 Å². The van der Waals surface area contributed by atoms with Crippen molar-refractivity contribution in [3.8, 4) is 11.5 Å². The number of phenols is 2. The summed E-state index contributed by atoms with van der Waals surface area (Å²) in [6, 6.07) is 3.02. The van der Waals surface area contributed by atoms with Crippen LogP contribution in [-0.4, -0.2) is 29.1 Å². The second-order valence-corrected chi connectivity index (χ2v) is 8.54. The topological polar surface area (TPSA) is 83.8 Å². The molecular formula is C20H26O5. The van der Waals surface area contributed by atoms with Crippen LogP contribution < -0.4 is 0 Å². The van der Waals surface area contributed by atoms with Crippen LogP contribution in [0.4, 0.5) is 0 Å². The molecule has 0 saturated heterocycles. The van der Waals surface area contributed by atoms with Crippen LogP contribution in [0.25, 0.3) is 0 Å². The highest BCUT2D eigenvalue weighted by Gasteiger charge is 2.59. The fraction of sp³-hybridized carbons (Fsp3) is 0.600. The van der Waals surface area contributed by atoms with Crippen molar-refractivity contribution in [3.05, 3.63) is 23.3 Å². The summed E-state index contributed by atoms with van der Waals surface area (Å²) in [6.07, 6.45) is 1.16. The summed E-state index contributed by atoms with van der Waals surface area (Å²) in [5.41, 5.74) is -0.200. The largest absolute Gasteiger partial charge is 0.508 e. The van der Waals surface area contributed by atoms with Gasteiger partial charge in [0.05, 0.1) is 12.5 Å². The number of methoxy groups -OCH3 is 1. The number of fused-ring (bicyclic) bond motifs is 2. The lowest BCUT2D eigenvalue weighted by Crippen LogP contribution is -2.56. The Bertz CT molecular complexity index is 723. The zero-order valence-corrected chi connectivity index (χ0v) is 15.4. The minimum atomic E-state index is -0.995. The second-order valence-electron chi connectivity index (χ2n) is 8.54. The van der Waals surface area contributed by atoms with Gasteiger partial charge in [0.2, 0.25) is 0 Å². The lowest BCUT2D eigenvalue weighted by atomic mass is 9.44. The van der Waals surface area contributed by atoms with Gasteiger partial charge in [-0.2, -0.15) is 0 Å². The van der Waals surface area contributed by atoms with Crippen LogP contribution in [0.5, 0.6) is 11.5 Å². The average molecular weight is 346 g/mol. The molecular weight excluding hydrogens is 320 g/mol. The first-order valence-electron chi connectivity index (χ1n) is 8.69. The van der Waals surface area contributed by atoms with Gasteiger partial charge < -0.3 is 14.9 Å². The third-order valence-electron chi connectivity index (χ3n) is 6.56. The Kier molecular flexibility index (Phi) is 3.90. The zero-order chi connectivity index (χ0) is 18.7. The maximum Gasteiger partial charge on any atom is 0.315 e. The molecule has 4 rings (SSSR count). The van der Waals surface area contributed by atoms with E-state index in [4.69, 9.17) is 4.74 Å². The Morgan fingerprint density at radius 1 is 1.24 bits per heavy atom. The number of hydrogen-bond acceptors (Lipinski definition) is 5. The third-order valence-corrected chi connectivity index (χ3v) is 6.56. The Morgan fingerprint density at radius 3 is 2.24 bits per heavy atom. The lowest BCUT2D eigenvalue weighted by Gasteiger charge is -2.59. The van der Waals surface area contributed by atoms with Crippen molar-refractivity contribution in [2.75, 3.05) is 7.11 Å². The number of Topliss-reactive ketones (excluding diaryl/α,β-unsaturated/α-hetero) is 1. The van der Waals surface area contributed by atoms with Gasteiger partial charge in [-0.3, -0.25) is 9.59 Å². The van der Waals surface area contributed by atoms with Crippen LogP contribution in [0, 0.1) is 17.3 Å². The molecule has 0 aromatic heterocycles. The van der Waals surface area contributed by atoms with E-state index in [1.54, 1.807) is 13.8 Å². The number of hydrogen-bond donors (Lipinski definition) is 2. The van der Waals surface area contributed by atoms with E-state index in [1.165, 1.54) is 19.2 Å². The van der Waals surface area contributed by atoms with Crippen LogP contribution in [0.1, 0.15) is 57.6 Å². The van der Waals surface area contributed by atoms with Crippen molar-refractivity contribution >= 4 is 11.8 Å². The highest BCUT2D eigenvalue weighted by atomic mass is 16.5. The van der Waals surface area contributed by atoms with E-state index in [0.717, 1.165) is 6.42 Å². The van der Waals surface area contributed by atoms with E-state index in [-0.39, 0.29) is 40.5 Å². The molecule has 2 N–H and O–H groups in total. The van der Waals surface area contributed by atoms with Crippen molar-refractivity contribution in [2.45, 2.75) is 51.9 Å². The van der Waals surface area contributed by atoms with Crippen molar-refractivity contribution in [1.29, 1.82) is 0 Å². The Labute approximate surface area is 148 Å². The zero-order valence-electron chi connectivity index (χ0n) is 15.4. The quantitative estimate of drug-likeness (QED) is 0.821. The fourth-order valence-corrected chi connectivity index (χ4v) is 4.73. The molecule has 0 spiro atoms. The van der Waals surface area contributed by atoms with Crippen LogP contribution in [0.15, 0.2) is 12.1 Å². The smallest absolute Gasteiger partial charge is 0.315 e. The third kappa shape index (κ3) is 2.43. The molecule has 0 radical (unpaired) electrons. The van der Waals surface area contributed by atoms with E-state index >= 15 is 0 Å². The van der Waals surface area contributed by atoms with Gasteiger partial charge in [-0.15, -0.1) is 0 Å². The number of carbonyl (C=O) groups is 2. The normalized spacial score (nSPS) is 27.6. The van der Waals surface area contributed by atoms with E-state index in [9.17, 15) is 19.8 Å². The van der Waals surface area contributed by atoms with Gasteiger partial charge in [-0.05, 0) is 49.3 Å². The molecule has 3 aliphatic carbocycles. The van der Waals surface area contributed by atoms with Crippen LogP contribution in [-0.2, 0) is 19.7 Å². The monoisotopic (exact) mass is 346 g/mol. The molecule has 0 unspecified atom stereocenters. The second kappa shape index (κ2) is 5.48. The van der Waals surface area contributed by atoms with Gasteiger partial charge in [0.25, 0.3) is 0 Å². The molecule has 3 fully saturated rings. The molecule has 5 nitrogen and oxygen atoms in total. The Balaban J connectivity index is 2.02. The van der Waals surface area contributed by atoms with Crippen LogP contribution >= 0.6 is 0 Å². The fourth-order valence-electron chi connectivity index (χ4n) is 4.73. The number of rotatable bonds is 3. The van der Waals surface area contributed by atoms with Crippen LogP contribution in [0.2, 0.25) is 0 Å². The van der Waals surface area contributed by atoms with Crippen LogP contribution in [0.3, 0.4) is 0 Å².